The quantitative estimate of drug-likeness (QED) is 0.897. The third-order valence-corrected chi connectivity index (χ3v) is 4.27. The van der Waals surface area contributed by atoms with Crippen molar-refractivity contribution in [1.29, 1.82) is 0 Å². The minimum atomic E-state index is -0.969. The summed E-state index contributed by atoms with van der Waals surface area (Å²) in [5, 5.41) is 20.2. The molecule has 0 aliphatic carbocycles. The Morgan fingerprint density at radius 1 is 1.00 bits per heavy atom. The lowest BCUT2D eigenvalue weighted by atomic mass is 10.1. The van der Waals surface area contributed by atoms with Gasteiger partial charge in [0, 0.05) is 31.4 Å². The number of anilines is 1. The van der Waals surface area contributed by atoms with Gasteiger partial charge in [0.1, 0.15) is 6.23 Å². The molecule has 1 aliphatic rings. The fraction of sp³-hybridized carbons (Fsp3) is 0.333. The molecule has 1 saturated heterocycles. The van der Waals surface area contributed by atoms with E-state index in [1.165, 1.54) is 6.07 Å². The van der Waals surface area contributed by atoms with Crippen LogP contribution in [0.25, 0.3) is 0 Å². The van der Waals surface area contributed by atoms with Crippen molar-refractivity contribution in [2.24, 2.45) is 0 Å². The summed E-state index contributed by atoms with van der Waals surface area (Å²) >= 11 is 0. The molecule has 4 nitrogen and oxygen atoms in total. The van der Waals surface area contributed by atoms with Gasteiger partial charge in [0.25, 0.3) is 0 Å². The molecule has 6 heteroatoms. The molecule has 128 valence electrons. The average molecular weight is 334 g/mol. The Kier molecular flexibility index (Phi) is 5.08. The molecule has 1 unspecified atom stereocenters. The SMILES string of the molecule is OC[C@@H]1CN(Cc2ccccc2)CC(O)N1c1ccc(F)c(F)c1. The van der Waals surface area contributed by atoms with Crippen molar-refractivity contribution < 1.29 is 19.0 Å². The maximum Gasteiger partial charge on any atom is 0.160 e. The van der Waals surface area contributed by atoms with Crippen molar-refractivity contribution >= 4 is 5.69 Å². The molecule has 1 heterocycles. The van der Waals surface area contributed by atoms with Gasteiger partial charge in [-0.05, 0) is 17.7 Å². The van der Waals surface area contributed by atoms with E-state index in [9.17, 15) is 19.0 Å². The van der Waals surface area contributed by atoms with Crippen molar-refractivity contribution in [3.8, 4) is 0 Å². The molecule has 2 aromatic carbocycles. The summed E-state index contributed by atoms with van der Waals surface area (Å²) in [6, 6.07) is 12.9. The molecule has 0 bridgehead atoms. The summed E-state index contributed by atoms with van der Waals surface area (Å²) < 4.78 is 26.6. The number of β-amino-alcohol motifs (C(OH)–C–C–N with tert-alkyl or cyclic N) is 1. The van der Waals surface area contributed by atoms with Crippen molar-refractivity contribution in [3.63, 3.8) is 0 Å². The average Bonchev–Trinajstić information content (AvgIpc) is 2.58. The van der Waals surface area contributed by atoms with Crippen LogP contribution in [0, 0.1) is 11.6 Å². The van der Waals surface area contributed by atoms with Gasteiger partial charge in [-0.3, -0.25) is 4.90 Å². The van der Waals surface area contributed by atoms with Crippen LogP contribution in [-0.4, -0.2) is 47.1 Å². The van der Waals surface area contributed by atoms with Gasteiger partial charge in [0.05, 0.1) is 12.6 Å². The first-order valence-corrected chi connectivity index (χ1v) is 7.87. The number of hydrogen-bond acceptors (Lipinski definition) is 4. The molecule has 1 aliphatic heterocycles. The number of hydrogen-bond donors (Lipinski definition) is 2. The van der Waals surface area contributed by atoms with Crippen LogP contribution in [0.15, 0.2) is 48.5 Å². The number of nitrogens with zero attached hydrogens (tertiary/aromatic N) is 2. The molecule has 0 radical (unpaired) electrons. The second kappa shape index (κ2) is 7.25. The number of piperazine rings is 1. The van der Waals surface area contributed by atoms with Crippen LogP contribution >= 0.6 is 0 Å². The van der Waals surface area contributed by atoms with E-state index in [-0.39, 0.29) is 6.61 Å². The number of rotatable bonds is 4. The lowest BCUT2D eigenvalue weighted by Gasteiger charge is -2.45. The minimum absolute atomic E-state index is 0.193. The topological polar surface area (TPSA) is 46.9 Å². The first-order valence-electron chi connectivity index (χ1n) is 7.87. The summed E-state index contributed by atoms with van der Waals surface area (Å²) in [5.74, 6) is -1.90. The number of halogens is 2. The highest BCUT2D eigenvalue weighted by molar-refractivity contribution is 5.49. The lowest BCUT2D eigenvalue weighted by molar-refractivity contribution is 0.0438. The van der Waals surface area contributed by atoms with E-state index in [0.29, 0.717) is 25.3 Å². The monoisotopic (exact) mass is 334 g/mol. The van der Waals surface area contributed by atoms with Crippen LogP contribution in [0.2, 0.25) is 0 Å². The summed E-state index contributed by atoms with van der Waals surface area (Å²) in [6.07, 6.45) is -0.913. The van der Waals surface area contributed by atoms with E-state index in [1.807, 2.05) is 35.2 Å². The highest BCUT2D eigenvalue weighted by Crippen LogP contribution is 2.26. The third kappa shape index (κ3) is 3.56. The summed E-state index contributed by atoms with van der Waals surface area (Å²) in [7, 11) is 0. The minimum Gasteiger partial charge on any atom is -0.394 e. The van der Waals surface area contributed by atoms with Gasteiger partial charge in [0.15, 0.2) is 11.6 Å². The smallest absolute Gasteiger partial charge is 0.160 e. The first-order chi connectivity index (χ1) is 11.6. The maximum atomic E-state index is 13.5. The van der Waals surface area contributed by atoms with E-state index >= 15 is 0 Å². The summed E-state index contributed by atoms with van der Waals surface area (Å²) in [5.41, 5.74) is 1.47. The van der Waals surface area contributed by atoms with Crippen LogP contribution in [0.3, 0.4) is 0 Å². The second-order valence-electron chi connectivity index (χ2n) is 6.00. The largest absolute Gasteiger partial charge is 0.394 e. The molecule has 3 rings (SSSR count). The van der Waals surface area contributed by atoms with Crippen molar-refractivity contribution in [3.05, 3.63) is 65.7 Å². The molecule has 24 heavy (non-hydrogen) atoms. The van der Waals surface area contributed by atoms with E-state index in [2.05, 4.69) is 0 Å². The molecule has 2 atom stereocenters. The van der Waals surface area contributed by atoms with E-state index in [0.717, 1.165) is 17.7 Å². The Balaban J connectivity index is 1.77. The number of benzene rings is 2. The Bertz CT molecular complexity index is 684. The fourth-order valence-electron chi connectivity index (χ4n) is 3.17. The van der Waals surface area contributed by atoms with Gasteiger partial charge in [0.2, 0.25) is 0 Å². The van der Waals surface area contributed by atoms with Gasteiger partial charge in [-0.25, -0.2) is 8.78 Å². The van der Waals surface area contributed by atoms with Crippen molar-refractivity contribution in [2.45, 2.75) is 18.8 Å². The predicted molar refractivity (Wildman–Crippen MR) is 87.4 cm³/mol. The molecule has 2 N–H and O–H groups in total. The molecule has 0 amide bonds. The highest BCUT2D eigenvalue weighted by Gasteiger charge is 2.33. The van der Waals surface area contributed by atoms with Crippen LogP contribution < -0.4 is 4.90 Å². The van der Waals surface area contributed by atoms with Gasteiger partial charge in [-0.1, -0.05) is 30.3 Å². The third-order valence-electron chi connectivity index (χ3n) is 4.27. The van der Waals surface area contributed by atoms with Crippen LogP contribution in [0.1, 0.15) is 5.56 Å². The number of aliphatic hydroxyl groups excluding tert-OH is 2. The van der Waals surface area contributed by atoms with Crippen LogP contribution in [0.5, 0.6) is 0 Å². The van der Waals surface area contributed by atoms with Crippen LogP contribution in [-0.2, 0) is 6.54 Å². The van der Waals surface area contributed by atoms with E-state index in [1.54, 1.807) is 4.90 Å². The van der Waals surface area contributed by atoms with Crippen molar-refractivity contribution in [2.75, 3.05) is 24.6 Å². The van der Waals surface area contributed by atoms with Crippen LogP contribution in [0.4, 0.5) is 14.5 Å². The molecule has 1 fully saturated rings. The molecule has 0 spiro atoms. The summed E-state index contributed by atoms with van der Waals surface area (Å²) in [6.45, 7) is 1.33. The molecule has 0 aromatic heterocycles. The standard InChI is InChI=1S/C18H20F2N2O2/c19-16-7-6-14(8-17(16)20)22-15(12-23)10-21(11-18(22)24)9-13-4-2-1-3-5-13/h1-8,15,18,23-24H,9-12H2/t15-,18?/m0/s1. The Hall–Kier alpha value is -2.02. The van der Waals surface area contributed by atoms with Gasteiger partial charge in [-0.15, -0.1) is 0 Å². The van der Waals surface area contributed by atoms with Crippen molar-refractivity contribution in [1.82, 2.24) is 4.90 Å². The fourth-order valence-corrected chi connectivity index (χ4v) is 3.17. The van der Waals surface area contributed by atoms with Gasteiger partial charge >= 0.3 is 0 Å². The zero-order valence-electron chi connectivity index (χ0n) is 13.1. The first kappa shape index (κ1) is 16.8. The lowest BCUT2D eigenvalue weighted by Crippen LogP contribution is -2.60. The predicted octanol–water partition coefficient (Wildman–Crippen LogP) is 1.97. The zero-order valence-corrected chi connectivity index (χ0v) is 13.1. The Morgan fingerprint density at radius 2 is 1.75 bits per heavy atom. The maximum absolute atomic E-state index is 13.5. The zero-order chi connectivity index (χ0) is 17.1. The van der Waals surface area contributed by atoms with E-state index in [4.69, 9.17) is 0 Å². The van der Waals surface area contributed by atoms with E-state index < -0.39 is 23.9 Å². The molecule has 0 saturated carbocycles. The normalized spacial score (nSPS) is 21.9. The summed E-state index contributed by atoms with van der Waals surface area (Å²) in [4.78, 5) is 3.58. The molecule has 2 aromatic rings. The Labute approximate surface area is 139 Å². The van der Waals surface area contributed by atoms with Gasteiger partial charge in [-0.2, -0.15) is 0 Å². The van der Waals surface area contributed by atoms with Gasteiger partial charge < -0.3 is 15.1 Å². The molecular formula is C18H20F2N2O2. The highest BCUT2D eigenvalue weighted by atomic mass is 19.2. The Morgan fingerprint density at radius 3 is 2.42 bits per heavy atom. The molecular weight excluding hydrogens is 314 g/mol. The second-order valence-corrected chi connectivity index (χ2v) is 6.00. The number of aliphatic hydroxyl groups is 2.